The predicted molar refractivity (Wildman–Crippen MR) is 95.5 cm³/mol. The van der Waals surface area contributed by atoms with Crippen molar-refractivity contribution >= 4 is 9.28 Å². The molecule has 1 saturated heterocycles. The van der Waals surface area contributed by atoms with Gasteiger partial charge < -0.3 is 13.6 Å². The van der Waals surface area contributed by atoms with E-state index in [1.54, 1.807) is 0 Å². The Labute approximate surface area is 145 Å². The Bertz CT molecular complexity index is 532. The molecule has 1 aliphatic rings. The summed E-state index contributed by atoms with van der Waals surface area (Å²) >= 11 is 0. The highest BCUT2D eigenvalue weighted by atomic mass is 28.3. The molecule has 0 saturated carbocycles. The molecule has 1 aliphatic heterocycles. The molecule has 2 aromatic carbocycles. The van der Waals surface area contributed by atoms with E-state index >= 15 is 0 Å². The standard InChI is InChI=1S/C19H24NO3Si/c1-3-7-18(8-4-1)15-22-24(17-20-11-13-21-14-12-20)23-16-19-9-5-2-6-10-19/h1-10H,11-17H2. The molecule has 5 heteroatoms. The Morgan fingerprint density at radius 2 is 1.29 bits per heavy atom. The first-order valence-corrected chi connectivity index (χ1v) is 9.92. The molecule has 0 amide bonds. The monoisotopic (exact) mass is 342 g/mol. The van der Waals surface area contributed by atoms with Gasteiger partial charge in [0.2, 0.25) is 0 Å². The molecule has 1 fully saturated rings. The topological polar surface area (TPSA) is 30.9 Å². The van der Waals surface area contributed by atoms with E-state index in [4.69, 9.17) is 13.6 Å². The average Bonchev–Trinajstić information content (AvgIpc) is 2.66. The lowest BCUT2D eigenvalue weighted by molar-refractivity contribution is 0.0393. The Morgan fingerprint density at radius 1 is 0.792 bits per heavy atom. The van der Waals surface area contributed by atoms with E-state index in [1.807, 2.05) is 36.4 Å². The van der Waals surface area contributed by atoms with E-state index in [-0.39, 0.29) is 0 Å². The summed E-state index contributed by atoms with van der Waals surface area (Å²) in [5, 5.41) is 0. The van der Waals surface area contributed by atoms with E-state index in [2.05, 4.69) is 29.2 Å². The average molecular weight is 342 g/mol. The van der Waals surface area contributed by atoms with Gasteiger partial charge in [-0.15, -0.1) is 0 Å². The van der Waals surface area contributed by atoms with E-state index < -0.39 is 9.28 Å². The highest BCUT2D eigenvalue weighted by molar-refractivity contribution is 6.44. The lowest BCUT2D eigenvalue weighted by Crippen LogP contribution is -2.44. The summed E-state index contributed by atoms with van der Waals surface area (Å²) in [7, 11) is -1.37. The molecule has 3 rings (SSSR count). The van der Waals surface area contributed by atoms with Crippen LogP contribution in [0.25, 0.3) is 0 Å². The Balaban J connectivity index is 1.54. The van der Waals surface area contributed by atoms with Gasteiger partial charge in [-0.1, -0.05) is 60.7 Å². The molecule has 0 N–H and O–H groups in total. The minimum atomic E-state index is -1.37. The zero-order valence-corrected chi connectivity index (χ0v) is 14.9. The van der Waals surface area contributed by atoms with E-state index in [0.717, 1.165) is 32.5 Å². The van der Waals surface area contributed by atoms with Gasteiger partial charge >= 0.3 is 9.28 Å². The molecule has 0 aliphatic carbocycles. The molecule has 127 valence electrons. The van der Waals surface area contributed by atoms with Crippen molar-refractivity contribution in [3.63, 3.8) is 0 Å². The van der Waals surface area contributed by atoms with Gasteiger partial charge in [-0.2, -0.15) is 0 Å². The van der Waals surface area contributed by atoms with Crippen LogP contribution >= 0.6 is 0 Å². The third-order valence-corrected chi connectivity index (χ3v) is 5.58. The quantitative estimate of drug-likeness (QED) is 0.690. The number of benzene rings is 2. The number of rotatable bonds is 8. The fraction of sp³-hybridized carbons (Fsp3) is 0.368. The van der Waals surface area contributed by atoms with Gasteiger partial charge in [-0.3, -0.25) is 4.90 Å². The maximum absolute atomic E-state index is 6.15. The van der Waals surface area contributed by atoms with Gasteiger partial charge in [-0.25, -0.2) is 0 Å². The summed E-state index contributed by atoms with van der Waals surface area (Å²) in [6.07, 6.45) is 0.869. The van der Waals surface area contributed by atoms with Crippen LogP contribution in [0.15, 0.2) is 60.7 Å². The van der Waals surface area contributed by atoms with E-state index in [1.165, 1.54) is 11.1 Å². The lowest BCUT2D eigenvalue weighted by Gasteiger charge is -2.28. The molecule has 0 spiro atoms. The molecule has 4 nitrogen and oxygen atoms in total. The van der Waals surface area contributed by atoms with Crippen molar-refractivity contribution in [3.8, 4) is 0 Å². The number of nitrogens with zero attached hydrogens (tertiary/aromatic N) is 1. The van der Waals surface area contributed by atoms with Crippen molar-refractivity contribution in [1.29, 1.82) is 0 Å². The lowest BCUT2D eigenvalue weighted by atomic mass is 10.2. The molecule has 0 unspecified atom stereocenters. The van der Waals surface area contributed by atoms with Gasteiger partial charge in [0.05, 0.1) is 26.4 Å². The van der Waals surface area contributed by atoms with Crippen LogP contribution in [0.2, 0.25) is 0 Å². The maximum Gasteiger partial charge on any atom is 0.400 e. The summed E-state index contributed by atoms with van der Waals surface area (Å²) < 4.78 is 17.7. The fourth-order valence-corrected chi connectivity index (χ4v) is 4.15. The zero-order valence-electron chi connectivity index (χ0n) is 13.9. The van der Waals surface area contributed by atoms with E-state index in [0.29, 0.717) is 13.2 Å². The molecular formula is C19H24NO3Si. The summed E-state index contributed by atoms with van der Waals surface area (Å²) in [5.41, 5.74) is 2.37. The molecule has 1 heterocycles. The van der Waals surface area contributed by atoms with Crippen molar-refractivity contribution in [2.45, 2.75) is 13.2 Å². The van der Waals surface area contributed by atoms with Crippen molar-refractivity contribution in [2.24, 2.45) is 0 Å². The summed E-state index contributed by atoms with van der Waals surface area (Å²) in [5.74, 6) is 0. The van der Waals surface area contributed by atoms with Crippen molar-refractivity contribution < 1.29 is 13.6 Å². The SMILES string of the molecule is c1ccc(CO[Si](CN2CCOCC2)OCc2ccccc2)cc1. The van der Waals surface area contributed by atoms with Crippen LogP contribution in [0.1, 0.15) is 11.1 Å². The normalized spacial score (nSPS) is 15.7. The third kappa shape index (κ3) is 5.85. The van der Waals surface area contributed by atoms with Gasteiger partial charge in [-0.05, 0) is 11.1 Å². The fourth-order valence-electron chi connectivity index (χ4n) is 2.55. The molecule has 2 aromatic rings. The second-order valence-corrected chi connectivity index (χ2v) is 7.45. The van der Waals surface area contributed by atoms with Crippen LogP contribution in [0, 0.1) is 0 Å². The molecule has 0 atom stereocenters. The third-order valence-electron chi connectivity index (χ3n) is 3.94. The molecular weight excluding hydrogens is 318 g/mol. The van der Waals surface area contributed by atoms with Crippen LogP contribution in [-0.4, -0.2) is 46.7 Å². The van der Waals surface area contributed by atoms with Crippen LogP contribution in [-0.2, 0) is 26.8 Å². The Morgan fingerprint density at radius 3 is 1.79 bits per heavy atom. The molecule has 1 radical (unpaired) electrons. The van der Waals surface area contributed by atoms with Crippen molar-refractivity contribution in [2.75, 3.05) is 32.5 Å². The Kier molecular flexibility index (Phi) is 7.01. The van der Waals surface area contributed by atoms with E-state index in [9.17, 15) is 0 Å². The molecule has 0 bridgehead atoms. The van der Waals surface area contributed by atoms with Crippen LogP contribution in [0.3, 0.4) is 0 Å². The number of hydrogen-bond acceptors (Lipinski definition) is 4. The van der Waals surface area contributed by atoms with Gasteiger partial charge in [0, 0.05) is 19.3 Å². The first-order valence-electron chi connectivity index (χ1n) is 8.39. The highest BCUT2D eigenvalue weighted by Gasteiger charge is 2.22. The highest BCUT2D eigenvalue weighted by Crippen LogP contribution is 2.08. The second-order valence-electron chi connectivity index (χ2n) is 5.81. The first-order chi connectivity index (χ1) is 11.9. The van der Waals surface area contributed by atoms with Crippen molar-refractivity contribution in [1.82, 2.24) is 4.90 Å². The minimum Gasteiger partial charge on any atom is -0.388 e. The summed E-state index contributed by atoms with van der Waals surface area (Å²) in [6.45, 7) is 4.72. The molecule has 0 aromatic heterocycles. The smallest absolute Gasteiger partial charge is 0.388 e. The van der Waals surface area contributed by atoms with Crippen LogP contribution in [0.4, 0.5) is 0 Å². The van der Waals surface area contributed by atoms with Gasteiger partial charge in [0.25, 0.3) is 0 Å². The number of morpholine rings is 1. The summed E-state index contributed by atoms with van der Waals surface area (Å²) in [4.78, 5) is 2.38. The molecule has 24 heavy (non-hydrogen) atoms. The zero-order chi connectivity index (χ0) is 16.5. The predicted octanol–water partition coefficient (Wildman–Crippen LogP) is 2.78. The van der Waals surface area contributed by atoms with Gasteiger partial charge in [0.15, 0.2) is 0 Å². The minimum absolute atomic E-state index is 0.605. The number of hydrogen-bond donors (Lipinski definition) is 0. The van der Waals surface area contributed by atoms with Crippen molar-refractivity contribution in [3.05, 3.63) is 71.8 Å². The van der Waals surface area contributed by atoms with Crippen LogP contribution in [0.5, 0.6) is 0 Å². The summed E-state index contributed by atoms with van der Waals surface area (Å²) in [6, 6.07) is 20.6. The largest absolute Gasteiger partial charge is 0.400 e. The maximum atomic E-state index is 6.15. The second kappa shape index (κ2) is 9.71. The van der Waals surface area contributed by atoms with Gasteiger partial charge in [0.1, 0.15) is 0 Å². The Hall–Kier alpha value is -1.50. The van der Waals surface area contributed by atoms with Crippen LogP contribution < -0.4 is 0 Å². The number of ether oxygens (including phenoxy) is 1. The first kappa shape index (κ1) is 17.3.